The van der Waals surface area contributed by atoms with Crippen LogP contribution >= 0.6 is 11.8 Å². The lowest BCUT2D eigenvalue weighted by Crippen LogP contribution is -2.22. The molecule has 168 valence electrons. The number of rotatable bonds is 9. The highest BCUT2D eigenvalue weighted by Crippen LogP contribution is 2.24. The molecule has 4 rings (SSSR count). The average molecular weight is 450 g/mol. The molecule has 1 aliphatic heterocycles. The third-order valence-corrected chi connectivity index (χ3v) is 6.84. The molecule has 1 N–H and O–H groups in total. The molecule has 7 heteroatoms. The number of aromatic nitrogens is 3. The maximum Gasteiger partial charge on any atom is 0.234 e. The second-order valence-corrected chi connectivity index (χ2v) is 9.20. The first-order valence-corrected chi connectivity index (χ1v) is 12.3. The summed E-state index contributed by atoms with van der Waals surface area (Å²) in [6, 6.07) is 16.5. The van der Waals surface area contributed by atoms with E-state index >= 15 is 0 Å². The van der Waals surface area contributed by atoms with E-state index in [0.717, 1.165) is 53.9 Å². The molecule has 0 spiro atoms. The van der Waals surface area contributed by atoms with Gasteiger partial charge in [0, 0.05) is 5.69 Å². The van der Waals surface area contributed by atoms with Crippen LogP contribution in [0.5, 0.6) is 0 Å². The number of likely N-dealkylation sites (tertiary alicyclic amines) is 1. The molecule has 1 aromatic heterocycles. The zero-order chi connectivity index (χ0) is 22.3. The van der Waals surface area contributed by atoms with Gasteiger partial charge in [-0.05, 0) is 56.0 Å². The van der Waals surface area contributed by atoms with Crippen molar-refractivity contribution in [1.29, 1.82) is 0 Å². The summed E-state index contributed by atoms with van der Waals surface area (Å²) in [4.78, 5) is 15.2. The number of aryl methyl sites for hydroxylation is 2. The van der Waals surface area contributed by atoms with Crippen LogP contribution in [0.1, 0.15) is 42.3 Å². The van der Waals surface area contributed by atoms with Gasteiger partial charge < -0.3 is 9.88 Å². The highest BCUT2D eigenvalue weighted by atomic mass is 32.2. The molecule has 1 amide bonds. The highest BCUT2D eigenvalue weighted by molar-refractivity contribution is 7.99. The summed E-state index contributed by atoms with van der Waals surface area (Å²) in [6.07, 6.45) is 3.37. The van der Waals surface area contributed by atoms with E-state index in [0.29, 0.717) is 12.3 Å². The standard InChI is InChI=1S/C25H31N5OS/c1-3-21-13-9-10-19(2)24(21)26-23(31)18-32-25-28-27-22(17-29-14-7-8-15-29)30(25)16-20-11-5-4-6-12-20/h4-6,9-13H,3,7-8,14-18H2,1-2H3,(H,26,31). The minimum Gasteiger partial charge on any atom is -0.325 e. The second kappa shape index (κ2) is 10.8. The molecule has 6 nitrogen and oxygen atoms in total. The number of amides is 1. The Balaban J connectivity index is 1.47. The molecule has 0 aliphatic carbocycles. The number of benzene rings is 2. The summed E-state index contributed by atoms with van der Waals surface area (Å²) >= 11 is 1.45. The molecule has 0 radical (unpaired) electrons. The van der Waals surface area contributed by atoms with Gasteiger partial charge in [-0.3, -0.25) is 9.69 Å². The first-order valence-electron chi connectivity index (χ1n) is 11.3. The van der Waals surface area contributed by atoms with Crippen LogP contribution < -0.4 is 5.32 Å². The van der Waals surface area contributed by atoms with Crippen molar-refractivity contribution in [3.05, 3.63) is 71.0 Å². The third kappa shape index (κ3) is 5.58. The summed E-state index contributed by atoms with van der Waals surface area (Å²) in [5, 5.41) is 12.9. The molecular formula is C25H31N5OS. The smallest absolute Gasteiger partial charge is 0.234 e. The summed E-state index contributed by atoms with van der Waals surface area (Å²) in [6.45, 7) is 7.86. The van der Waals surface area contributed by atoms with Gasteiger partial charge in [-0.25, -0.2) is 0 Å². The number of carbonyl (C=O) groups is 1. The number of hydrogen-bond donors (Lipinski definition) is 1. The van der Waals surface area contributed by atoms with Crippen LogP contribution in [0, 0.1) is 6.92 Å². The van der Waals surface area contributed by atoms with Crippen molar-refractivity contribution in [1.82, 2.24) is 19.7 Å². The minimum atomic E-state index is -0.0191. The molecule has 32 heavy (non-hydrogen) atoms. The van der Waals surface area contributed by atoms with Gasteiger partial charge in [-0.2, -0.15) is 0 Å². The molecular weight excluding hydrogens is 418 g/mol. The molecule has 1 aliphatic rings. The molecule has 0 bridgehead atoms. The summed E-state index contributed by atoms with van der Waals surface area (Å²) in [5.74, 6) is 1.24. The van der Waals surface area contributed by atoms with Crippen molar-refractivity contribution in [2.24, 2.45) is 0 Å². The van der Waals surface area contributed by atoms with Gasteiger partial charge in [0.2, 0.25) is 5.91 Å². The number of hydrogen-bond acceptors (Lipinski definition) is 5. The lowest BCUT2D eigenvalue weighted by Gasteiger charge is -2.16. The van der Waals surface area contributed by atoms with Crippen molar-refractivity contribution in [3.63, 3.8) is 0 Å². The van der Waals surface area contributed by atoms with Gasteiger partial charge >= 0.3 is 0 Å². The SMILES string of the molecule is CCc1cccc(C)c1NC(=O)CSc1nnc(CN2CCCC2)n1Cc1ccccc1. The van der Waals surface area contributed by atoms with Crippen molar-refractivity contribution in [2.45, 2.75) is 51.4 Å². The largest absolute Gasteiger partial charge is 0.325 e. The van der Waals surface area contributed by atoms with Crippen molar-refractivity contribution < 1.29 is 4.79 Å². The lowest BCUT2D eigenvalue weighted by molar-refractivity contribution is -0.113. The molecule has 3 aromatic rings. The van der Waals surface area contributed by atoms with E-state index < -0.39 is 0 Å². The zero-order valence-electron chi connectivity index (χ0n) is 18.9. The maximum absolute atomic E-state index is 12.8. The van der Waals surface area contributed by atoms with Crippen molar-refractivity contribution in [3.8, 4) is 0 Å². The molecule has 2 aromatic carbocycles. The predicted octanol–water partition coefficient (Wildman–Crippen LogP) is 4.52. The Hall–Kier alpha value is -2.64. The fourth-order valence-corrected chi connectivity index (χ4v) is 4.87. The Kier molecular flexibility index (Phi) is 7.60. The van der Waals surface area contributed by atoms with Crippen LogP contribution in [0.2, 0.25) is 0 Å². The summed E-state index contributed by atoms with van der Waals surface area (Å²) in [5.41, 5.74) is 4.38. The highest BCUT2D eigenvalue weighted by Gasteiger charge is 2.19. The number of nitrogens with zero attached hydrogens (tertiary/aromatic N) is 4. The molecule has 0 unspecified atom stereocenters. The van der Waals surface area contributed by atoms with Crippen LogP contribution in [0.4, 0.5) is 5.69 Å². The second-order valence-electron chi connectivity index (χ2n) is 8.25. The quantitative estimate of drug-likeness (QED) is 0.487. The zero-order valence-corrected chi connectivity index (χ0v) is 19.7. The van der Waals surface area contributed by atoms with Crippen molar-refractivity contribution >= 4 is 23.4 Å². The van der Waals surface area contributed by atoms with Gasteiger partial charge in [0.25, 0.3) is 0 Å². The minimum absolute atomic E-state index is 0.0191. The average Bonchev–Trinajstić information content (AvgIpc) is 3.45. The number of anilines is 1. The molecule has 0 saturated carbocycles. The van der Waals surface area contributed by atoms with E-state index in [1.165, 1.54) is 30.2 Å². The molecule has 0 atom stereocenters. The predicted molar refractivity (Wildman–Crippen MR) is 130 cm³/mol. The van der Waals surface area contributed by atoms with E-state index in [9.17, 15) is 4.79 Å². The number of thioether (sulfide) groups is 1. The Bertz CT molecular complexity index is 1040. The molecule has 1 saturated heterocycles. The third-order valence-electron chi connectivity index (χ3n) is 5.88. The van der Waals surface area contributed by atoms with E-state index in [-0.39, 0.29) is 5.91 Å². The summed E-state index contributed by atoms with van der Waals surface area (Å²) in [7, 11) is 0. The van der Waals surface area contributed by atoms with Crippen LogP contribution in [0.15, 0.2) is 53.7 Å². The van der Waals surface area contributed by atoms with Crippen LogP contribution in [0.25, 0.3) is 0 Å². The Morgan fingerprint density at radius 1 is 1.03 bits per heavy atom. The van der Waals surface area contributed by atoms with Crippen LogP contribution in [-0.2, 0) is 24.3 Å². The molecule has 2 heterocycles. The summed E-state index contributed by atoms with van der Waals surface area (Å²) < 4.78 is 2.16. The van der Waals surface area contributed by atoms with Crippen molar-refractivity contribution in [2.75, 3.05) is 24.2 Å². The Morgan fingerprint density at radius 2 is 1.81 bits per heavy atom. The number of carbonyl (C=O) groups excluding carboxylic acids is 1. The monoisotopic (exact) mass is 449 g/mol. The van der Waals surface area contributed by atoms with Gasteiger partial charge in [-0.15, -0.1) is 10.2 Å². The van der Waals surface area contributed by atoms with Gasteiger partial charge in [0.1, 0.15) is 5.82 Å². The maximum atomic E-state index is 12.8. The lowest BCUT2D eigenvalue weighted by atomic mass is 10.1. The number of para-hydroxylation sites is 1. The van der Waals surface area contributed by atoms with Gasteiger partial charge in [0.05, 0.1) is 18.8 Å². The first-order chi connectivity index (χ1) is 15.6. The van der Waals surface area contributed by atoms with E-state index in [2.05, 4.69) is 50.1 Å². The number of nitrogens with one attached hydrogen (secondary N) is 1. The fraction of sp³-hybridized carbons (Fsp3) is 0.400. The van der Waals surface area contributed by atoms with E-state index in [4.69, 9.17) is 0 Å². The Morgan fingerprint density at radius 3 is 2.56 bits per heavy atom. The fourth-order valence-electron chi connectivity index (χ4n) is 4.12. The van der Waals surface area contributed by atoms with E-state index in [1.54, 1.807) is 0 Å². The van der Waals surface area contributed by atoms with E-state index in [1.807, 2.05) is 37.3 Å². The van der Waals surface area contributed by atoms with Crippen LogP contribution in [-0.4, -0.2) is 44.4 Å². The topological polar surface area (TPSA) is 63.1 Å². The first kappa shape index (κ1) is 22.6. The molecule has 1 fully saturated rings. The van der Waals surface area contributed by atoms with Crippen LogP contribution in [0.3, 0.4) is 0 Å². The van der Waals surface area contributed by atoms with Gasteiger partial charge in [-0.1, -0.05) is 67.2 Å². The van der Waals surface area contributed by atoms with Gasteiger partial charge in [0.15, 0.2) is 5.16 Å². The normalized spacial score (nSPS) is 14.1. The Labute approximate surface area is 194 Å².